The van der Waals surface area contributed by atoms with Crippen molar-refractivity contribution in [1.82, 2.24) is 4.98 Å². The van der Waals surface area contributed by atoms with Crippen molar-refractivity contribution in [1.29, 1.82) is 0 Å². The molecular weight excluding hydrogens is 353 g/mol. The minimum Gasteiger partial charge on any atom is -0.436 e. The van der Waals surface area contributed by atoms with Crippen molar-refractivity contribution in [2.45, 2.75) is 6.92 Å². The van der Waals surface area contributed by atoms with Crippen LogP contribution in [-0.2, 0) is 0 Å². The van der Waals surface area contributed by atoms with Gasteiger partial charge in [0.2, 0.25) is 5.88 Å². The molecule has 17 heavy (non-hydrogen) atoms. The fraction of sp³-hybridized carbons (Fsp3) is 0.0833. The van der Waals surface area contributed by atoms with Gasteiger partial charge in [0.15, 0.2) is 11.6 Å². The molecule has 0 fully saturated rings. The Morgan fingerprint density at radius 2 is 1.94 bits per heavy atom. The Hall–Kier alpha value is -0.940. The van der Waals surface area contributed by atoms with Crippen molar-refractivity contribution in [2.24, 2.45) is 0 Å². The molecule has 1 aromatic heterocycles. The SMILES string of the molecule is Cc1nc(Oc2cc(Br)ccc2F)ccc1Br. The van der Waals surface area contributed by atoms with Crippen LogP contribution in [0.3, 0.4) is 0 Å². The number of rotatable bonds is 2. The first-order chi connectivity index (χ1) is 8.06. The molecule has 2 aromatic rings. The summed E-state index contributed by atoms with van der Waals surface area (Å²) in [5.74, 6) is 0.0897. The second-order valence-electron chi connectivity index (χ2n) is 3.39. The average molecular weight is 361 g/mol. The number of hydrogen-bond donors (Lipinski definition) is 0. The zero-order valence-corrected chi connectivity index (χ0v) is 12.0. The van der Waals surface area contributed by atoms with Crippen LogP contribution in [0.2, 0.25) is 0 Å². The van der Waals surface area contributed by atoms with Gasteiger partial charge in [-0.15, -0.1) is 0 Å². The van der Waals surface area contributed by atoms with Crippen LogP contribution >= 0.6 is 31.9 Å². The van der Waals surface area contributed by atoms with Gasteiger partial charge >= 0.3 is 0 Å². The standard InChI is InChI=1S/C12H8Br2FNO/c1-7-9(14)3-5-12(16-7)17-11-6-8(13)2-4-10(11)15/h2-6H,1H3. The summed E-state index contributed by atoms with van der Waals surface area (Å²) in [7, 11) is 0. The quantitative estimate of drug-likeness (QED) is 0.763. The molecule has 5 heteroatoms. The highest BCUT2D eigenvalue weighted by atomic mass is 79.9. The lowest BCUT2D eigenvalue weighted by Crippen LogP contribution is -1.92. The van der Waals surface area contributed by atoms with E-state index >= 15 is 0 Å². The second-order valence-corrected chi connectivity index (χ2v) is 5.16. The fourth-order valence-corrected chi connectivity index (χ4v) is 1.81. The zero-order chi connectivity index (χ0) is 12.4. The van der Waals surface area contributed by atoms with Crippen molar-refractivity contribution in [3.05, 3.63) is 50.8 Å². The first-order valence-corrected chi connectivity index (χ1v) is 6.41. The number of pyridine rings is 1. The van der Waals surface area contributed by atoms with Gasteiger partial charge in [0.05, 0.1) is 5.69 Å². The third kappa shape index (κ3) is 3.04. The molecule has 0 radical (unpaired) electrons. The van der Waals surface area contributed by atoms with Crippen LogP contribution in [0.15, 0.2) is 39.3 Å². The predicted molar refractivity (Wildman–Crippen MR) is 70.8 cm³/mol. The number of benzene rings is 1. The van der Waals surface area contributed by atoms with Gasteiger partial charge < -0.3 is 4.74 Å². The summed E-state index contributed by atoms with van der Waals surface area (Å²) >= 11 is 6.60. The van der Waals surface area contributed by atoms with Crippen molar-refractivity contribution in [3.8, 4) is 11.6 Å². The number of aryl methyl sites for hydroxylation is 1. The van der Waals surface area contributed by atoms with Gasteiger partial charge in [0.1, 0.15) is 0 Å². The van der Waals surface area contributed by atoms with Crippen LogP contribution in [0.25, 0.3) is 0 Å². The molecule has 0 atom stereocenters. The van der Waals surface area contributed by atoms with E-state index in [0.717, 1.165) is 14.6 Å². The maximum absolute atomic E-state index is 13.5. The van der Waals surface area contributed by atoms with Gasteiger partial charge in [0, 0.05) is 15.0 Å². The average Bonchev–Trinajstić information content (AvgIpc) is 2.29. The summed E-state index contributed by atoms with van der Waals surface area (Å²) in [5.41, 5.74) is 0.790. The number of nitrogens with zero attached hydrogens (tertiary/aromatic N) is 1. The number of aromatic nitrogens is 1. The minimum absolute atomic E-state index is 0.147. The van der Waals surface area contributed by atoms with E-state index in [9.17, 15) is 4.39 Å². The molecule has 0 amide bonds. The second kappa shape index (κ2) is 5.14. The largest absolute Gasteiger partial charge is 0.436 e. The normalized spacial score (nSPS) is 10.4. The summed E-state index contributed by atoms with van der Waals surface area (Å²) < 4.78 is 20.5. The lowest BCUT2D eigenvalue weighted by molar-refractivity contribution is 0.426. The zero-order valence-electron chi connectivity index (χ0n) is 8.88. The number of halogens is 3. The Labute approximate surface area is 115 Å². The maximum atomic E-state index is 13.5. The van der Waals surface area contributed by atoms with E-state index in [0.29, 0.717) is 5.88 Å². The summed E-state index contributed by atoms with van der Waals surface area (Å²) in [6.07, 6.45) is 0. The molecule has 0 unspecified atom stereocenters. The van der Waals surface area contributed by atoms with E-state index < -0.39 is 5.82 Å². The highest BCUT2D eigenvalue weighted by molar-refractivity contribution is 9.10. The molecule has 0 bridgehead atoms. The third-order valence-corrected chi connectivity index (χ3v) is 3.43. The molecule has 0 aliphatic rings. The summed E-state index contributed by atoms with van der Waals surface area (Å²) in [5, 5.41) is 0. The lowest BCUT2D eigenvalue weighted by atomic mass is 10.3. The first-order valence-electron chi connectivity index (χ1n) is 4.82. The molecule has 1 aromatic carbocycles. The maximum Gasteiger partial charge on any atom is 0.219 e. The highest BCUT2D eigenvalue weighted by Crippen LogP contribution is 2.27. The molecule has 0 saturated carbocycles. The van der Waals surface area contributed by atoms with Gasteiger partial charge in [-0.05, 0) is 47.1 Å². The van der Waals surface area contributed by atoms with Crippen molar-refractivity contribution in [2.75, 3.05) is 0 Å². The van der Waals surface area contributed by atoms with Crippen LogP contribution in [0, 0.1) is 12.7 Å². The molecule has 0 spiro atoms. The smallest absolute Gasteiger partial charge is 0.219 e. The Morgan fingerprint density at radius 3 is 2.65 bits per heavy atom. The molecule has 0 saturated heterocycles. The van der Waals surface area contributed by atoms with Gasteiger partial charge in [-0.3, -0.25) is 0 Å². The highest BCUT2D eigenvalue weighted by Gasteiger charge is 2.07. The van der Waals surface area contributed by atoms with E-state index in [-0.39, 0.29) is 5.75 Å². The fourth-order valence-electron chi connectivity index (χ4n) is 1.25. The molecule has 0 aliphatic carbocycles. The molecule has 88 valence electrons. The Morgan fingerprint density at radius 1 is 1.18 bits per heavy atom. The third-order valence-electron chi connectivity index (χ3n) is 2.10. The van der Waals surface area contributed by atoms with E-state index in [4.69, 9.17) is 4.74 Å². The first kappa shape index (κ1) is 12.5. The van der Waals surface area contributed by atoms with Crippen LogP contribution in [-0.4, -0.2) is 4.98 Å². The number of hydrogen-bond acceptors (Lipinski definition) is 2. The van der Waals surface area contributed by atoms with Gasteiger partial charge in [-0.25, -0.2) is 9.37 Å². The van der Waals surface area contributed by atoms with E-state index in [1.165, 1.54) is 6.07 Å². The van der Waals surface area contributed by atoms with E-state index in [1.807, 2.05) is 13.0 Å². The predicted octanol–water partition coefficient (Wildman–Crippen LogP) is 4.85. The molecule has 2 nitrogen and oxygen atoms in total. The van der Waals surface area contributed by atoms with Gasteiger partial charge in [-0.2, -0.15) is 0 Å². The van der Waals surface area contributed by atoms with Gasteiger partial charge in [0.25, 0.3) is 0 Å². The summed E-state index contributed by atoms with van der Waals surface area (Å²) in [6, 6.07) is 8.01. The van der Waals surface area contributed by atoms with Crippen LogP contribution in [0.1, 0.15) is 5.69 Å². The van der Waals surface area contributed by atoms with Crippen molar-refractivity contribution < 1.29 is 9.13 Å². The molecule has 2 rings (SSSR count). The number of ether oxygens (including phenoxy) is 1. The Balaban J connectivity index is 2.31. The summed E-state index contributed by atoms with van der Waals surface area (Å²) in [6.45, 7) is 1.84. The monoisotopic (exact) mass is 359 g/mol. The molecule has 1 heterocycles. The lowest BCUT2D eigenvalue weighted by Gasteiger charge is -2.07. The van der Waals surface area contributed by atoms with E-state index in [2.05, 4.69) is 36.8 Å². The molecular formula is C12H8Br2FNO. The van der Waals surface area contributed by atoms with Crippen LogP contribution in [0.5, 0.6) is 11.6 Å². The van der Waals surface area contributed by atoms with Crippen molar-refractivity contribution in [3.63, 3.8) is 0 Å². The topological polar surface area (TPSA) is 22.1 Å². The summed E-state index contributed by atoms with van der Waals surface area (Å²) in [4.78, 5) is 4.19. The molecule has 0 N–H and O–H groups in total. The van der Waals surface area contributed by atoms with Crippen LogP contribution < -0.4 is 4.74 Å². The van der Waals surface area contributed by atoms with Crippen LogP contribution in [0.4, 0.5) is 4.39 Å². The Kier molecular flexibility index (Phi) is 3.79. The van der Waals surface area contributed by atoms with Crippen molar-refractivity contribution >= 4 is 31.9 Å². The van der Waals surface area contributed by atoms with E-state index in [1.54, 1.807) is 18.2 Å². The van der Waals surface area contributed by atoms with Gasteiger partial charge in [-0.1, -0.05) is 15.9 Å². The minimum atomic E-state index is -0.421. The Bertz CT molecular complexity index is 560. The molecule has 0 aliphatic heterocycles.